The minimum absolute atomic E-state index is 0.0164. The van der Waals surface area contributed by atoms with Gasteiger partial charge < -0.3 is 4.74 Å². The quantitative estimate of drug-likeness (QED) is 0.606. The van der Waals surface area contributed by atoms with Gasteiger partial charge in [-0.3, -0.25) is 19.7 Å². The second-order valence-corrected chi connectivity index (χ2v) is 5.41. The lowest BCUT2D eigenvalue weighted by molar-refractivity contribution is -0.135. The van der Waals surface area contributed by atoms with Crippen LogP contribution in [-0.4, -0.2) is 24.7 Å². The first-order valence-corrected chi connectivity index (χ1v) is 9.51. The molecule has 0 spiro atoms. The molecule has 1 aromatic rings. The van der Waals surface area contributed by atoms with Crippen molar-refractivity contribution in [1.82, 2.24) is 5.32 Å². The normalized spacial score (nSPS) is 14.9. The van der Waals surface area contributed by atoms with Crippen LogP contribution in [0.1, 0.15) is 77.2 Å². The van der Waals surface area contributed by atoms with E-state index in [9.17, 15) is 18.8 Å². The van der Waals surface area contributed by atoms with Gasteiger partial charge >= 0.3 is 0 Å². The van der Waals surface area contributed by atoms with E-state index >= 15 is 0 Å². The molecule has 0 radical (unpaired) electrons. The minimum Gasteiger partial charge on any atom is -0.494 e. The van der Waals surface area contributed by atoms with Gasteiger partial charge in [0, 0.05) is 17.9 Å². The Morgan fingerprint density at radius 1 is 1.22 bits per heavy atom. The second kappa shape index (κ2) is 14.9. The Labute approximate surface area is 162 Å². The highest BCUT2D eigenvalue weighted by Gasteiger charge is 2.21. The zero-order valence-corrected chi connectivity index (χ0v) is 17.9. The number of hydrogen-bond donors (Lipinski definition) is 1. The van der Waals surface area contributed by atoms with Gasteiger partial charge in [-0.1, -0.05) is 41.5 Å². The Kier molecular flexibility index (Phi) is 14.9. The van der Waals surface area contributed by atoms with Crippen molar-refractivity contribution in [3.8, 4) is 5.75 Å². The molecule has 1 aliphatic rings. The van der Waals surface area contributed by atoms with E-state index in [1.54, 1.807) is 6.07 Å². The van der Waals surface area contributed by atoms with Crippen molar-refractivity contribution < 1.29 is 23.5 Å². The summed E-state index contributed by atoms with van der Waals surface area (Å²) in [7, 11) is 1.41. The molecule has 1 fully saturated rings. The summed E-state index contributed by atoms with van der Waals surface area (Å²) in [6.45, 7) is 13.2. The first-order chi connectivity index (χ1) is 12.8. The molecule has 0 aromatic heterocycles. The number of piperidine rings is 1. The van der Waals surface area contributed by atoms with E-state index in [0.717, 1.165) is 5.56 Å². The number of carbonyl (C=O) groups excluding carboxylic acids is 3. The number of nitrogens with one attached hydrogen (secondary N) is 1. The number of hydrogen-bond acceptors (Lipinski definition) is 4. The van der Waals surface area contributed by atoms with E-state index in [1.165, 1.54) is 20.1 Å². The molecule has 2 amide bonds. The van der Waals surface area contributed by atoms with Crippen LogP contribution in [0.15, 0.2) is 12.1 Å². The van der Waals surface area contributed by atoms with Crippen molar-refractivity contribution in [2.75, 3.05) is 7.11 Å². The van der Waals surface area contributed by atoms with E-state index in [2.05, 4.69) is 5.32 Å². The van der Waals surface area contributed by atoms with Gasteiger partial charge in [0.05, 0.1) is 7.11 Å². The fourth-order valence-electron chi connectivity index (χ4n) is 2.17. The molecule has 1 saturated heterocycles. The van der Waals surface area contributed by atoms with Crippen LogP contribution >= 0.6 is 0 Å². The van der Waals surface area contributed by atoms with Gasteiger partial charge in [-0.2, -0.15) is 0 Å². The van der Waals surface area contributed by atoms with Gasteiger partial charge in [0.1, 0.15) is 0 Å². The number of carbonyl (C=O) groups is 3. The van der Waals surface area contributed by atoms with Crippen LogP contribution in [0.2, 0.25) is 0 Å². The maximum absolute atomic E-state index is 13.2. The Bertz CT molecular complexity index is 614. The lowest BCUT2D eigenvalue weighted by Gasteiger charge is -2.15. The van der Waals surface area contributed by atoms with Gasteiger partial charge in [-0.25, -0.2) is 4.39 Å². The highest BCUT2D eigenvalue weighted by Crippen LogP contribution is 2.23. The molecule has 1 aliphatic heterocycles. The van der Waals surface area contributed by atoms with E-state index in [4.69, 9.17) is 4.74 Å². The van der Waals surface area contributed by atoms with Crippen LogP contribution in [0.4, 0.5) is 4.39 Å². The minimum atomic E-state index is -0.491. The maximum atomic E-state index is 13.2. The van der Waals surface area contributed by atoms with Gasteiger partial charge in [0.15, 0.2) is 17.3 Å². The van der Waals surface area contributed by atoms with E-state index < -0.39 is 5.82 Å². The lowest BCUT2D eigenvalue weighted by Crippen LogP contribution is -2.39. The zero-order chi connectivity index (χ0) is 21.6. The fraction of sp³-hybridized carbons (Fsp3) is 0.571. The van der Waals surface area contributed by atoms with Crippen LogP contribution in [0.25, 0.3) is 0 Å². The van der Waals surface area contributed by atoms with Crippen molar-refractivity contribution >= 4 is 17.6 Å². The predicted molar refractivity (Wildman–Crippen MR) is 107 cm³/mol. The van der Waals surface area contributed by atoms with Crippen LogP contribution < -0.4 is 10.1 Å². The number of halogens is 1. The Balaban J connectivity index is 0. The van der Waals surface area contributed by atoms with Gasteiger partial charge in [-0.15, -0.1) is 0 Å². The van der Waals surface area contributed by atoms with Gasteiger partial charge in [-0.05, 0) is 37.5 Å². The molecule has 1 unspecified atom stereocenters. The first-order valence-electron chi connectivity index (χ1n) is 9.51. The summed E-state index contributed by atoms with van der Waals surface area (Å²) in [5, 5.41) is 2.25. The highest BCUT2D eigenvalue weighted by molar-refractivity contribution is 5.98. The topological polar surface area (TPSA) is 72.5 Å². The fourth-order valence-corrected chi connectivity index (χ4v) is 2.17. The van der Waals surface area contributed by atoms with Gasteiger partial charge in [0.25, 0.3) is 0 Å². The van der Waals surface area contributed by atoms with Crippen molar-refractivity contribution in [2.45, 2.75) is 67.7 Å². The average molecular weight is 384 g/mol. The molecule has 0 aliphatic carbocycles. The molecule has 0 bridgehead atoms. The second-order valence-electron chi connectivity index (χ2n) is 5.41. The van der Waals surface area contributed by atoms with Gasteiger partial charge in [0.2, 0.25) is 11.8 Å². The predicted octanol–water partition coefficient (Wildman–Crippen LogP) is 4.71. The Morgan fingerprint density at radius 3 is 2.15 bits per heavy atom. The van der Waals surface area contributed by atoms with Crippen LogP contribution in [0, 0.1) is 11.7 Å². The summed E-state index contributed by atoms with van der Waals surface area (Å²) < 4.78 is 18.1. The third-order valence-electron chi connectivity index (χ3n) is 3.65. The number of rotatable bonds is 3. The SMILES string of the molecule is CC.CC.CC1CCC(=O)NC1=O.CCc1cc(OC)c(F)cc1C(C)=O. The molecule has 6 heteroatoms. The third-order valence-corrected chi connectivity index (χ3v) is 3.65. The van der Waals surface area contributed by atoms with Crippen molar-refractivity contribution in [2.24, 2.45) is 5.92 Å². The number of ketones is 1. The molecule has 27 heavy (non-hydrogen) atoms. The van der Waals surface area contributed by atoms with E-state index in [1.807, 2.05) is 41.5 Å². The smallest absolute Gasteiger partial charge is 0.229 e. The molecule has 5 nitrogen and oxygen atoms in total. The number of ether oxygens (including phenoxy) is 1. The number of methoxy groups -OCH3 is 1. The number of imide groups is 1. The summed E-state index contributed by atoms with van der Waals surface area (Å²) in [5.74, 6) is -0.683. The van der Waals surface area contributed by atoms with Crippen LogP contribution in [0.3, 0.4) is 0 Å². The highest BCUT2D eigenvalue weighted by atomic mass is 19.1. The number of Topliss-reactive ketones (excluding diaryl/α,β-unsaturated/α-hetero) is 1. The van der Waals surface area contributed by atoms with Crippen molar-refractivity contribution in [3.63, 3.8) is 0 Å². The third kappa shape index (κ3) is 9.31. The Morgan fingerprint density at radius 2 is 1.78 bits per heavy atom. The monoisotopic (exact) mass is 383 g/mol. The first kappa shape index (κ1) is 27.0. The van der Waals surface area contributed by atoms with Crippen molar-refractivity contribution in [1.29, 1.82) is 0 Å². The molecule has 1 atom stereocenters. The summed E-state index contributed by atoms with van der Waals surface area (Å²) in [4.78, 5) is 32.3. The largest absolute Gasteiger partial charge is 0.494 e. The standard InChI is InChI=1S/C11H13FO2.C6H9NO2.2C2H6/c1-4-8-5-11(14-3)10(12)6-9(8)7(2)13;1-4-2-3-5(8)7-6(4)9;2*1-2/h5-6H,4H2,1-3H3;4H,2-3H2,1H3,(H,7,8,9);2*1-2H3. The molecular formula is C21H34FNO4. The van der Waals surface area contributed by atoms with E-state index in [0.29, 0.717) is 24.8 Å². The van der Waals surface area contributed by atoms with Crippen molar-refractivity contribution in [3.05, 3.63) is 29.1 Å². The molecule has 2 rings (SSSR count). The maximum Gasteiger partial charge on any atom is 0.229 e. The van der Waals surface area contributed by atoms with Crippen LogP contribution in [-0.2, 0) is 16.0 Å². The number of amides is 2. The zero-order valence-electron chi connectivity index (χ0n) is 17.9. The molecule has 1 heterocycles. The molecular weight excluding hydrogens is 349 g/mol. The number of benzene rings is 1. The summed E-state index contributed by atoms with van der Waals surface area (Å²) in [6, 6.07) is 2.81. The number of aryl methyl sites for hydroxylation is 1. The molecule has 0 saturated carbocycles. The summed E-state index contributed by atoms with van der Waals surface area (Å²) >= 11 is 0. The summed E-state index contributed by atoms with van der Waals surface area (Å²) in [5.41, 5.74) is 1.25. The molecule has 1 aromatic carbocycles. The summed E-state index contributed by atoms with van der Waals surface area (Å²) in [6.07, 6.45) is 1.88. The molecule has 1 N–H and O–H groups in total. The lowest BCUT2D eigenvalue weighted by atomic mass is 10.0. The van der Waals surface area contributed by atoms with E-state index in [-0.39, 0.29) is 29.3 Å². The molecule has 154 valence electrons. The van der Waals surface area contributed by atoms with Crippen LogP contribution in [0.5, 0.6) is 5.75 Å². The average Bonchev–Trinajstić information content (AvgIpc) is 2.68. The Hall–Kier alpha value is -2.24.